The van der Waals surface area contributed by atoms with Gasteiger partial charge in [-0.3, -0.25) is 9.09 Å². The van der Waals surface area contributed by atoms with Gasteiger partial charge in [-0.15, -0.1) is 0 Å². The number of hydrogen-bond donors (Lipinski definition) is 6. The van der Waals surface area contributed by atoms with Crippen molar-refractivity contribution in [2.75, 3.05) is 18.5 Å². The van der Waals surface area contributed by atoms with Crippen LogP contribution in [-0.4, -0.2) is 59.6 Å². The van der Waals surface area contributed by atoms with Crippen LogP contribution in [-0.2, 0) is 38.0 Å². The van der Waals surface area contributed by atoms with Gasteiger partial charge in [-0.1, -0.05) is 0 Å². The minimum Gasteiger partial charge on any atom is -0.390 e. The molecule has 1 aromatic rings. The van der Waals surface area contributed by atoms with Crippen LogP contribution in [0.3, 0.4) is 0 Å². The average Bonchev–Trinajstić information content (AvgIpc) is 2.97. The highest BCUT2D eigenvalue weighted by atomic mass is 31.3. The summed E-state index contributed by atoms with van der Waals surface area (Å²) in [6.45, 7) is -0.138. The fourth-order valence-electron chi connectivity index (χ4n) is 3.04. The summed E-state index contributed by atoms with van der Waals surface area (Å²) in [5.74, 6) is 0.468. The van der Waals surface area contributed by atoms with E-state index >= 15 is 0 Å². The van der Waals surface area contributed by atoms with E-state index in [1.807, 2.05) is 0 Å². The Morgan fingerprint density at radius 3 is 2.58 bits per heavy atom. The van der Waals surface area contributed by atoms with E-state index < -0.39 is 54.2 Å². The van der Waals surface area contributed by atoms with Crippen LogP contribution >= 0.6 is 23.5 Å². The normalized spacial score (nSPS) is 27.7. The average molecular weight is 507 g/mol. The molecule has 0 aromatic carbocycles. The first-order valence-corrected chi connectivity index (χ1v) is 13.2. The van der Waals surface area contributed by atoms with Gasteiger partial charge in [-0.25, -0.2) is 18.5 Å². The molecular weight excluding hydrogens is 487 g/mol. The van der Waals surface area contributed by atoms with E-state index in [0.29, 0.717) is 18.8 Å². The van der Waals surface area contributed by atoms with Gasteiger partial charge in [0.05, 0.1) is 12.7 Å². The van der Waals surface area contributed by atoms with Crippen LogP contribution in [0.25, 0.3) is 0 Å². The quantitative estimate of drug-likeness (QED) is 0.245. The number of aliphatic hydroxyl groups is 1. The zero-order valence-corrected chi connectivity index (χ0v) is 18.3. The highest BCUT2D eigenvalue weighted by Crippen LogP contribution is 2.66. The lowest BCUT2D eigenvalue weighted by atomic mass is 10.1. The van der Waals surface area contributed by atoms with Gasteiger partial charge < -0.3 is 34.7 Å². The predicted molar refractivity (Wildman–Crippen MR) is 99.7 cm³/mol. The lowest BCUT2D eigenvalue weighted by Crippen LogP contribution is -2.30. The van der Waals surface area contributed by atoms with E-state index in [4.69, 9.17) is 19.4 Å². The maximum atomic E-state index is 12.3. The summed E-state index contributed by atoms with van der Waals surface area (Å²) in [4.78, 5) is 51.8. The summed E-state index contributed by atoms with van der Waals surface area (Å²) < 4.78 is 52.0. The van der Waals surface area contributed by atoms with Crippen molar-refractivity contribution in [1.82, 2.24) is 9.55 Å². The molecule has 0 spiro atoms. The Morgan fingerprint density at radius 2 is 1.90 bits per heavy atom. The van der Waals surface area contributed by atoms with Gasteiger partial charge in [0.25, 0.3) is 0 Å². The minimum atomic E-state index is -5.65. The van der Waals surface area contributed by atoms with Gasteiger partial charge >= 0.3 is 29.2 Å². The molecule has 0 bridgehead atoms. The summed E-state index contributed by atoms with van der Waals surface area (Å²) in [7, 11) is -16.5. The van der Waals surface area contributed by atoms with Crippen LogP contribution in [0.1, 0.15) is 24.6 Å². The highest BCUT2D eigenvalue weighted by molar-refractivity contribution is 7.66. The number of fused-ring (bicyclic) bond motifs is 1. The van der Waals surface area contributed by atoms with Crippen molar-refractivity contribution >= 4 is 29.3 Å². The van der Waals surface area contributed by atoms with E-state index in [1.54, 1.807) is 6.20 Å². The molecule has 31 heavy (non-hydrogen) atoms. The number of nitrogens with zero attached hydrogens (tertiary/aromatic N) is 2. The Labute approximate surface area is 174 Å². The second-order valence-electron chi connectivity index (χ2n) is 6.65. The monoisotopic (exact) mass is 507 g/mol. The van der Waals surface area contributed by atoms with Crippen molar-refractivity contribution < 1.29 is 56.3 Å². The van der Waals surface area contributed by atoms with Gasteiger partial charge in [0, 0.05) is 24.7 Å². The number of nitrogens with one attached hydrogen (secondary N) is 1. The fraction of sp³-hybridized carbons (Fsp3) is 0.667. The molecule has 6 N–H and O–H groups in total. The van der Waals surface area contributed by atoms with Crippen molar-refractivity contribution in [1.29, 1.82) is 0 Å². The van der Waals surface area contributed by atoms with E-state index in [1.165, 1.54) is 4.57 Å². The fourth-order valence-corrected chi connectivity index (χ4v) is 6.07. The van der Waals surface area contributed by atoms with Crippen LogP contribution in [0.5, 0.6) is 0 Å². The third-order valence-electron chi connectivity index (χ3n) is 4.28. The SMILES string of the molecule is O=c1nc2c(cn1C1CC(O)C(COP(=O)(O)OP(=O)(O)OP(=O)(O)O)O1)CCCN2. The van der Waals surface area contributed by atoms with Crippen LogP contribution < -0.4 is 11.0 Å². The standard InChI is InChI=1S/C12H20N3O13P3/c16-8-4-10(15-5-7-2-1-3-13-11(7)14-12(15)17)26-9(8)6-25-30(21,22)28-31(23,24)27-29(18,19)20/h5,8-10,16H,1-4,6H2,(H,21,22)(H,23,24)(H,13,14,17)(H2,18,19,20). The van der Waals surface area contributed by atoms with Crippen molar-refractivity contribution in [2.24, 2.45) is 0 Å². The molecule has 1 saturated heterocycles. The van der Waals surface area contributed by atoms with Gasteiger partial charge in [0.2, 0.25) is 0 Å². The van der Waals surface area contributed by atoms with Gasteiger partial charge in [0.1, 0.15) is 18.1 Å². The van der Waals surface area contributed by atoms with Crippen molar-refractivity contribution in [2.45, 2.75) is 37.7 Å². The highest BCUT2D eigenvalue weighted by Gasteiger charge is 2.43. The molecule has 0 amide bonds. The van der Waals surface area contributed by atoms with E-state index in [0.717, 1.165) is 12.0 Å². The summed E-state index contributed by atoms with van der Waals surface area (Å²) in [5, 5.41) is 13.1. The third-order valence-corrected chi connectivity index (χ3v) is 8.08. The van der Waals surface area contributed by atoms with Crippen LogP contribution in [0.4, 0.5) is 5.82 Å². The maximum absolute atomic E-state index is 12.3. The summed E-state index contributed by atoms with van der Waals surface area (Å²) >= 11 is 0. The maximum Gasteiger partial charge on any atom is 0.490 e. The lowest BCUT2D eigenvalue weighted by Gasteiger charge is -2.21. The molecule has 2 aliphatic rings. The molecule has 0 radical (unpaired) electrons. The van der Waals surface area contributed by atoms with E-state index in [2.05, 4.69) is 23.4 Å². The van der Waals surface area contributed by atoms with E-state index in [-0.39, 0.29) is 6.42 Å². The van der Waals surface area contributed by atoms with E-state index in [9.17, 15) is 28.5 Å². The summed E-state index contributed by atoms with van der Waals surface area (Å²) in [6.07, 6.45) is -0.479. The Kier molecular flexibility index (Phi) is 7.24. The Balaban J connectivity index is 1.63. The molecule has 5 atom stereocenters. The number of aromatic nitrogens is 2. The number of hydrogen-bond acceptors (Lipinski definition) is 11. The van der Waals surface area contributed by atoms with Crippen molar-refractivity contribution in [3.63, 3.8) is 0 Å². The molecule has 0 saturated carbocycles. The van der Waals surface area contributed by atoms with Gasteiger partial charge in [-0.05, 0) is 12.8 Å². The number of anilines is 1. The second kappa shape index (κ2) is 9.10. The van der Waals surface area contributed by atoms with Gasteiger partial charge in [0.15, 0.2) is 0 Å². The first-order chi connectivity index (χ1) is 14.2. The Hall–Kier alpha value is -0.990. The third kappa shape index (κ3) is 6.75. The van der Waals surface area contributed by atoms with Gasteiger partial charge in [-0.2, -0.15) is 13.6 Å². The molecule has 3 rings (SSSR count). The molecule has 16 nitrogen and oxygen atoms in total. The topological polar surface area (TPSA) is 236 Å². The number of rotatable bonds is 8. The molecule has 176 valence electrons. The molecule has 3 heterocycles. The first kappa shape index (κ1) is 24.6. The zero-order valence-electron chi connectivity index (χ0n) is 15.6. The molecule has 19 heteroatoms. The Bertz CT molecular complexity index is 1020. The minimum absolute atomic E-state index is 0.0851. The Morgan fingerprint density at radius 1 is 1.19 bits per heavy atom. The van der Waals surface area contributed by atoms with Crippen LogP contribution in [0.15, 0.2) is 11.0 Å². The van der Waals surface area contributed by atoms with Crippen molar-refractivity contribution in [3.8, 4) is 0 Å². The summed E-state index contributed by atoms with van der Waals surface area (Å²) in [5.41, 5.74) is 0.138. The predicted octanol–water partition coefficient (Wildman–Crippen LogP) is -0.407. The smallest absolute Gasteiger partial charge is 0.390 e. The summed E-state index contributed by atoms with van der Waals surface area (Å²) in [6, 6.07) is 0. The number of phosphoric ester groups is 1. The first-order valence-electron chi connectivity index (χ1n) is 8.72. The zero-order chi connectivity index (χ0) is 23.0. The van der Waals surface area contributed by atoms with Crippen molar-refractivity contribution in [3.05, 3.63) is 22.2 Å². The molecule has 0 aliphatic carbocycles. The number of aliphatic hydroxyl groups excluding tert-OH is 1. The number of ether oxygens (including phenoxy) is 1. The molecule has 5 unspecified atom stereocenters. The lowest BCUT2D eigenvalue weighted by molar-refractivity contribution is -0.0450. The van der Waals surface area contributed by atoms with Crippen LogP contribution in [0, 0.1) is 0 Å². The number of aryl methyl sites for hydroxylation is 1. The molecule has 1 aromatic heterocycles. The number of phosphoric acid groups is 3. The molecule has 2 aliphatic heterocycles. The largest absolute Gasteiger partial charge is 0.490 e. The second-order valence-corrected chi connectivity index (χ2v) is 11.1. The molecular formula is C12H20N3O13P3. The van der Waals surface area contributed by atoms with Crippen LogP contribution in [0.2, 0.25) is 0 Å². The molecule has 1 fully saturated rings.